The quantitative estimate of drug-likeness (QED) is 0.334. The predicted octanol–water partition coefficient (Wildman–Crippen LogP) is 5.34. The zero-order chi connectivity index (χ0) is 24.2. The molecular weight excluding hydrogens is 432 g/mol. The van der Waals surface area contributed by atoms with E-state index >= 15 is 0 Å². The monoisotopic (exact) mass is 456 g/mol. The Balaban J connectivity index is 1.99. The minimum atomic E-state index is -0.276. The van der Waals surface area contributed by atoms with Crippen molar-refractivity contribution in [2.75, 3.05) is 28.4 Å². The first-order valence-corrected chi connectivity index (χ1v) is 10.6. The molecule has 0 aliphatic rings. The van der Waals surface area contributed by atoms with E-state index in [9.17, 15) is 9.59 Å². The summed E-state index contributed by atoms with van der Waals surface area (Å²) in [4.78, 5) is 27.5. The second kappa shape index (κ2) is 9.67. The van der Waals surface area contributed by atoms with Crippen LogP contribution in [-0.4, -0.2) is 40.0 Å². The Bertz CT molecular complexity index is 1250. The number of rotatable bonds is 8. The number of fused-ring (bicyclic) bond motifs is 1. The molecule has 172 valence electrons. The fraction of sp³-hybridized carbons (Fsp3) is 0.143. The minimum absolute atomic E-state index is 0.276. The Hall–Kier alpha value is -4.32. The van der Waals surface area contributed by atoms with Crippen LogP contribution in [0.4, 0.5) is 0 Å². The highest BCUT2D eigenvalue weighted by molar-refractivity contribution is 6.26. The molecule has 0 spiro atoms. The van der Waals surface area contributed by atoms with Crippen LogP contribution >= 0.6 is 0 Å². The third kappa shape index (κ3) is 4.06. The lowest BCUT2D eigenvalue weighted by Gasteiger charge is -2.17. The van der Waals surface area contributed by atoms with Crippen LogP contribution < -0.4 is 18.9 Å². The lowest BCUT2D eigenvalue weighted by atomic mass is 9.89. The number of hydrogen-bond acceptors (Lipinski definition) is 6. The van der Waals surface area contributed by atoms with Crippen molar-refractivity contribution in [1.82, 2.24) is 0 Å². The van der Waals surface area contributed by atoms with Crippen LogP contribution in [0.1, 0.15) is 31.8 Å². The van der Waals surface area contributed by atoms with Crippen molar-refractivity contribution in [3.05, 3.63) is 95.1 Å². The number of methoxy groups -OCH3 is 4. The molecule has 0 aliphatic heterocycles. The van der Waals surface area contributed by atoms with E-state index in [1.165, 1.54) is 14.2 Å². The summed E-state index contributed by atoms with van der Waals surface area (Å²) in [5, 5.41) is 1.19. The Morgan fingerprint density at radius 1 is 0.500 bits per heavy atom. The fourth-order valence-corrected chi connectivity index (χ4v) is 3.94. The van der Waals surface area contributed by atoms with Crippen molar-refractivity contribution in [3.63, 3.8) is 0 Å². The SMILES string of the molecule is COc1ccc(C(=O)c2c(OC)ccc3ccc(OC)c(C(=O)c4ccc(OC)cc4)c23)cc1. The summed E-state index contributed by atoms with van der Waals surface area (Å²) in [6.45, 7) is 0. The van der Waals surface area contributed by atoms with Crippen molar-refractivity contribution in [3.8, 4) is 23.0 Å². The summed E-state index contributed by atoms with van der Waals surface area (Å²) in [5.41, 5.74) is 1.47. The van der Waals surface area contributed by atoms with Gasteiger partial charge >= 0.3 is 0 Å². The van der Waals surface area contributed by atoms with E-state index < -0.39 is 0 Å². The van der Waals surface area contributed by atoms with E-state index in [0.29, 0.717) is 50.6 Å². The van der Waals surface area contributed by atoms with Crippen LogP contribution in [0.2, 0.25) is 0 Å². The Morgan fingerprint density at radius 3 is 1.21 bits per heavy atom. The molecule has 0 N–H and O–H groups in total. The Labute approximate surface area is 197 Å². The molecule has 0 bridgehead atoms. The van der Waals surface area contributed by atoms with Crippen LogP contribution in [0.15, 0.2) is 72.8 Å². The van der Waals surface area contributed by atoms with Gasteiger partial charge in [0.2, 0.25) is 0 Å². The first-order chi connectivity index (χ1) is 16.5. The third-order valence-corrected chi connectivity index (χ3v) is 5.71. The highest BCUT2D eigenvalue weighted by Crippen LogP contribution is 2.38. The highest BCUT2D eigenvalue weighted by Gasteiger charge is 2.26. The average molecular weight is 456 g/mol. The molecule has 0 fully saturated rings. The second-order valence-electron chi connectivity index (χ2n) is 7.50. The second-order valence-corrected chi connectivity index (χ2v) is 7.50. The van der Waals surface area contributed by atoms with Crippen molar-refractivity contribution >= 4 is 22.3 Å². The Morgan fingerprint density at radius 2 is 0.882 bits per heavy atom. The van der Waals surface area contributed by atoms with Crippen molar-refractivity contribution in [2.24, 2.45) is 0 Å². The van der Waals surface area contributed by atoms with Crippen LogP contribution in [0.25, 0.3) is 10.8 Å². The highest BCUT2D eigenvalue weighted by atomic mass is 16.5. The lowest BCUT2D eigenvalue weighted by molar-refractivity contribution is 0.103. The largest absolute Gasteiger partial charge is 0.497 e. The van der Waals surface area contributed by atoms with E-state index in [2.05, 4.69) is 0 Å². The molecule has 0 atom stereocenters. The van der Waals surface area contributed by atoms with Crippen LogP contribution in [0, 0.1) is 0 Å². The molecule has 0 radical (unpaired) electrons. The Kier molecular flexibility index (Phi) is 6.50. The number of carbonyl (C=O) groups is 2. The number of benzene rings is 4. The molecule has 0 aromatic heterocycles. The van der Waals surface area contributed by atoms with Gasteiger partial charge in [-0.3, -0.25) is 9.59 Å². The van der Waals surface area contributed by atoms with Gasteiger partial charge in [0, 0.05) is 16.5 Å². The van der Waals surface area contributed by atoms with Gasteiger partial charge in [-0.2, -0.15) is 0 Å². The predicted molar refractivity (Wildman–Crippen MR) is 130 cm³/mol. The van der Waals surface area contributed by atoms with Gasteiger partial charge in [-0.1, -0.05) is 12.1 Å². The van der Waals surface area contributed by atoms with Gasteiger partial charge in [-0.15, -0.1) is 0 Å². The van der Waals surface area contributed by atoms with Gasteiger partial charge in [-0.25, -0.2) is 0 Å². The first-order valence-electron chi connectivity index (χ1n) is 10.6. The molecule has 6 nitrogen and oxygen atoms in total. The van der Waals surface area contributed by atoms with Crippen LogP contribution in [0.3, 0.4) is 0 Å². The molecule has 0 unspecified atom stereocenters. The molecule has 0 amide bonds. The maximum Gasteiger partial charge on any atom is 0.197 e. The van der Waals surface area contributed by atoms with E-state index in [1.54, 1.807) is 74.9 Å². The summed E-state index contributed by atoms with van der Waals surface area (Å²) in [5.74, 6) is 1.46. The molecule has 6 heteroatoms. The number of ether oxygens (including phenoxy) is 4. The van der Waals surface area contributed by atoms with E-state index in [-0.39, 0.29) is 11.6 Å². The fourth-order valence-electron chi connectivity index (χ4n) is 3.94. The summed E-state index contributed by atoms with van der Waals surface area (Å²) in [7, 11) is 6.12. The van der Waals surface area contributed by atoms with Gasteiger partial charge in [0.25, 0.3) is 0 Å². The molecule has 4 aromatic rings. The molecule has 4 aromatic carbocycles. The maximum absolute atomic E-state index is 13.7. The lowest BCUT2D eigenvalue weighted by Crippen LogP contribution is -2.11. The maximum atomic E-state index is 13.7. The van der Waals surface area contributed by atoms with Gasteiger partial charge in [0.1, 0.15) is 23.0 Å². The summed E-state index contributed by atoms with van der Waals surface area (Å²) >= 11 is 0. The molecule has 34 heavy (non-hydrogen) atoms. The van der Waals surface area contributed by atoms with Gasteiger partial charge in [-0.05, 0) is 66.0 Å². The van der Waals surface area contributed by atoms with Crippen molar-refractivity contribution in [2.45, 2.75) is 0 Å². The van der Waals surface area contributed by atoms with E-state index in [4.69, 9.17) is 18.9 Å². The van der Waals surface area contributed by atoms with E-state index in [1.807, 2.05) is 12.1 Å². The van der Waals surface area contributed by atoms with Crippen molar-refractivity contribution < 1.29 is 28.5 Å². The first kappa shape index (κ1) is 22.9. The summed E-state index contributed by atoms with van der Waals surface area (Å²) in [6.07, 6.45) is 0. The van der Waals surface area contributed by atoms with Crippen LogP contribution in [-0.2, 0) is 0 Å². The van der Waals surface area contributed by atoms with Crippen LogP contribution in [0.5, 0.6) is 23.0 Å². The molecule has 0 aliphatic carbocycles. The standard InChI is InChI=1S/C28H24O6/c1-31-20-11-5-18(6-12-20)27(29)25-22(33-3)15-9-17-10-16-23(34-4)26(24(17)25)28(30)19-7-13-21(32-2)14-8-19/h5-16H,1-4H3. The van der Waals surface area contributed by atoms with E-state index in [0.717, 1.165) is 5.39 Å². The summed E-state index contributed by atoms with van der Waals surface area (Å²) < 4.78 is 21.6. The topological polar surface area (TPSA) is 71.1 Å². The number of carbonyl (C=O) groups excluding carboxylic acids is 2. The van der Waals surface area contributed by atoms with Crippen molar-refractivity contribution in [1.29, 1.82) is 0 Å². The van der Waals surface area contributed by atoms with Gasteiger partial charge in [0.05, 0.1) is 39.6 Å². The van der Waals surface area contributed by atoms with Gasteiger partial charge < -0.3 is 18.9 Å². The van der Waals surface area contributed by atoms with Gasteiger partial charge in [0.15, 0.2) is 11.6 Å². The molecule has 0 heterocycles. The normalized spacial score (nSPS) is 10.6. The summed E-state index contributed by atoms with van der Waals surface area (Å²) in [6, 6.07) is 20.7. The average Bonchev–Trinajstić information content (AvgIpc) is 2.90. The molecule has 0 saturated carbocycles. The minimum Gasteiger partial charge on any atom is -0.497 e. The zero-order valence-electron chi connectivity index (χ0n) is 19.4. The molecule has 0 saturated heterocycles. The molecule has 4 rings (SSSR count). The zero-order valence-corrected chi connectivity index (χ0v) is 19.4. The third-order valence-electron chi connectivity index (χ3n) is 5.71. The number of hydrogen-bond donors (Lipinski definition) is 0. The number of ketones is 2. The molecular formula is C28H24O6. The smallest absolute Gasteiger partial charge is 0.197 e.